The summed E-state index contributed by atoms with van der Waals surface area (Å²) >= 11 is 3.34. The van der Waals surface area contributed by atoms with E-state index in [2.05, 4.69) is 21.0 Å². The highest BCUT2D eigenvalue weighted by molar-refractivity contribution is 9.10. The van der Waals surface area contributed by atoms with E-state index in [1.165, 1.54) is 16.8 Å². The van der Waals surface area contributed by atoms with Gasteiger partial charge < -0.3 is 0 Å². The molecule has 4 aromatic rings. The number of nitrogens with zero attached hydrogens (tertiary/aromatic N) is 2. The summed E-state index contributed by atoms with van der Waals surface area (Å²) in [7, 11) is 0. The predicted molar refractivity (Wildman–Crippen MR) is 110 cm³/mol. The van der Waals surface area contributed by atoms with Crippen LogP contribution in [0, 0.1) is 5.82 Å². The minimum atomic E-state index is -0.355. The van der Waals surface area contributed by atoms with Gasteiger partial charge in [0, 0.05) is 21.0 Å². The van der Waals surface area contributed by atoms with Crippen LogP contribution in [0.2, 0.25) is 0 Å². The molecular formula is C22H14BrFN2O2. The Bertz CT molecular complexity index is 1230. The number of ketones is 1. The Kier molecular flexibility index (Phi) is 4.88. The van der Waals surface area contributed by atoms with Crippen molar-refractivity contribution >= 4 is 32.5 Å². The van der Waals surface area contributed by atoms with Crippen molar-refractivity contribution in [3.8, 4) is 11.3 Å². The highest BCUT2D eigenvalue weighted by Gasteiger charge is 2.15. The number of Topliss-reactive ketones (excluding diaryl/α,β-unsaturated/α-hetero) is 1. The van der Waals surface area contributed by atoms with E-state index < -0.39 is 0 Å². The van der Waals surface area contributed by atoms with Crippen LogP contribution in [-0.4, -0.2) is 15.6 Å². The molecule has 3 aromatic carbocycles. The van der Waals surface area contributed by atoms with Crippen LogP contribution >= 0.6 is 15.9 Å². The molecule has 4 nitrogen and oxygen atoms in total. The minimum absolute atomic E-state index is 0.181. The van der Waals surface area contributed by atoms with E-state index in [0.717, 1.165) is 4.47 Å². The van der Waals surface area contributed by atoms with Crippen LogP contribution in [0.1, 0.15) is 10.4 Å². The van der Waals surface area contributed by atoms with Crippen LogP contribution in [0.5, 0.6) is 0 Å². The molecule has 0 N–H and O–H groups in total. The first-order valence-corrected chi connectivity index (χ1v) is 9.37. The molecule has 28 heavy (non-hydrogen) atoms. The number of aromatic nitrogens is 2. The molecular weight excluding hydrogens is 423 g/mol. The second kappa shape index (κ2) is 7.48. The number of hydrogen-bond acceptors (Lipinski definition) is 3. The average molecular weight is 437 g/mol. The van der Waals surface area contributed by atoms with Gasteiger partial charge in [0.1, 0.15) is 12.4 Å². The summed E-state index contributed by atoms with van der Waals surface area (Å²) in [6.45, 7) is -0.181. The maximum atomic E-state index is 13.3. The zero-order valence-corrected chi connectivity index (χ0v) is 16.2. The standard InChI is InChI=1S/C22H14BrFN2O2/c23-16-9-5-14(6-10-16)20(27)13-26-22(28)19-4-2-1-3-18(19)21(25-26)15-7-11-17(24)12-8-15/h1-12H,13H2. The Hall–Kier alpha value is -3.12. The van der Waals surface area contributed by atoms with Crippen molar-refractivity contribution in [2.45, 2.75) is 6.54 Å². The van der Waals surface area contributed by atoms with Crippen molar-refractivity contribution in [2.24, 2.45) is 0 Å². The van der Waals surface area contributed by atoms with Crippen LogP contribution in [0.15, 0.2) is 82.1 Å². The Labute approximate surface area is 168 Å². The summed E-state index contributed by atoms with van der Waals surface area (Å²) in [6.07, 6.45) is 0. The molecule has 0 unspecified atom stereocenters. The number of halogens is 2. The third kappa shape index (κ3) is 3.51. The Morgan fingerprint density at radius 1 is 0.929 bits per heavy atom. The van der Waals surface area contributed by atoms with E-state index in [1.54, 1.807) is 54.6 Å². The second-order valence-electron chi connectivity index (χ2n) is 6.29. The number of rotatable bonds is 4. The van der Waals surface area contributed by atoms with Crippen molar-refractivity contribution < 1.29 is 9.18 Å². The van der Waals surface area contributed by atoms with Gasteiger partial charge in [-0.15, -0.1) is 0 Å². The lowest BCUT2D eigenvalue weighted by Gasteiger charge is -2.11. The number of hydrogen-bond donors (Lipinski definition) is 0. The SMILES string of the molecule is O=C(Cn1nc(-c2ccc(F)cc2)c2ccccc2c1=O)c1ccc(Br)cc1. The fourth-order valence-corrected chi connectivity index (χ4v) is 3.29. The Morgan fingerprint density at radius 2 is 1.57 bits per heavy atom. The van der Waals surface area contributed by atoms with Gasteiger partial charge >= 0.3 is 0 Å². The van der Waals surface area contributed by atoms with Gasteiger partial charge in [0.25, 0.3) is 5.56 Å². The zero-order valence-electron chi connectivity index (χ0n) is 14.6. The molecule has 0 spiro atoms. The van der Waals surface area contributed by atoms with Crippen LogP contribution in [-0.2, 0) is 6.54 Å². The lowest BCUT2D eigenvalue weighted by Crippen LogP contribution is -2.27. The molecule has 6 heteroatoms. The van der Waals surface area contributed by atoms with E-state index >= 15 is 0 Å². The van der Waals surface area contributed by atoms with Gasteiger partial charge in [0.05, 0.1) is 11.1 Å². The third-order valence-corrected chi connectivity index (χ3v) is 4.97. The Balaban J connectivity index is 1.83. The van der Waals surface area contributed by atoms with Gasteiger partial charge in [-0.1, -0.05) is 46.3 Å². The number of carbonyl (C=O) groups is 1. The molecule has 0 aliphatic rings. The highest BCUT2D eigenvalue weighted by atomic mass is 79.9. The number of carbonyl (C=O) groups excluding carboxylic acids is 1. The van der Waals surface area contributed by atoms with E-state index in [-0.39, 0.29) is 23.7 Å². The normalized spacial score (nSPS) is 10.9. The minimum Gasteiger partial charge on any atom is -0.292 e. The second-order valence-corrected chi connectivity index (χ2v) is 7.21. The van der Waals surface area contributed by atoms with Crippen molar-refractivity contribution in [1.29, 1.82) is 0 Å². The molecule has 1 aromatic heterocycles. The Morgan fingerprint density at radius 3 is 2.25 bits per heavy atom. The molecule has 1 heterocycles. The van der Waals surface area contributed by atoms with E-state index in [4.69, 9.17) is 0 Å². The topological polar surface area (TPSA) is 52.0 Å². The molecule has 4 rings (SSSR count). The molecule has 138 valence electrons. The summed E-state index contributed by atoms with van der Waals surface area (Å²) in [5, 5.41) is 5.55. The number of fused-ring (bicyclic) bond motifs is 1. The van der Waals surface area contributed by atoms with Crippen LogP contribution < -0.4 is 5.56 Å². The lowest BCUT2D eigenvalue weighted by atomic mass is 10.0. The summed E-state index contributed by atoms with van der Waals surface area (Å²) in [4.78, 5) is 25.5. The summed E-state index contributed by atoms with van der Waals surface area (Å²) in [5.74, 6) is -0.575. The van der Waals surface area contributed by atoms with Gasteiger partial charge in [-0.25, -0.2) is 9.07 Å². The van der Waals surface area contributed by atoms with Crippen molar-refractivity contribution in [1.82, 2.24) is 9.78 Å². The van der Waals surface area contributed by atoms with Gasteiger partial charge in [0.15, 0.2) is 5.78 Å². The van der Waals surface area contributed by atoms with Crippen LogP contribution in [0.4, 0.5) is 4.39 Å². The van der Waals surface area contributed by atoms with Crippen molar-refractivity contribution in [3.63, 3.8) is 0 Å². The molecule has 0 bridgehead atoms. The molecule has 0 aliphatic heterocycles. The first kappa shape index (κ1) is 18.3. The van der Waals surface area contributed by atoms with E-state index in [9.17, 15) is 14.0 Å². The fraction of sp³-hybridized carbons (Fsp3) is 0.0455. The van der Waals surface area contributed by atoms with Crippen LogP contribution in [0.25, 0.3) is 22.0 Å². The van der Waals surface area contributed by atoms with E-state index in [1.807, 2.05) is 6.07 Å². The monoisotopic (exact) mass is 436 g/mol. The van der Waals surface area contributed by atoms with Gasteiger partial charge in [-0.3, -0.25) is 9.59 Å². The van der Waals surface area contributed by atoms with Gasteiger partial charge in [0.2, 0.25) is 0 Å². The largest absolute Gasteiger partial charge is 0.292 e. The molecule has 0 atom stereocenters. The first-order chi connectivity index (χ1) is 13.5. The molecule has 0 fully saturated rings. The number of benzene rings is 3. The van der Waals surface area contributed by atoms with Crippen LogP contribution in [0.3, 0.4) is 0 Å². The average Bonchev–Trinajstić information content (AvgIpc) is 2.71. The maximum Gasteiger partial charge on any atom is 0.275 e. The fourth-order valence-electron chi connectivity index (χ4n) is 3.03. The molecule has 0 radical (unpaired) electrons. The summed E-state index contributed by atoms with van der Waals surface area (Å²) in [6, 6.07) is 19.9. The molecule has 0 aliphatic carbocycles. The quantitative estimate of drug-likeness (QED) is 0.429. The smallest absolute Gasteiger partial charge is 0.275 e. The van der Waals surface area contributed by atoms with Gasteiger partial charge in [-0.05, 0) is 42.5 Å². The summed E-state index contributed by atoms with van der Waals surface area (Å²) in [5.41, 5.74) is 1.35. The molecule has 0 saturated carbocycles. The molecule has 0 amide bonds. The lowest BCUT2D eigenvalue weighted by molar-refractivity contribution is 0.0966. The zero-order chi connectivity index (χ0) is 19.7. The predicted octanol–water partition coefficient (Wildman–Crippen LogP) is 4.85. The van der Waals surface area contributed by atoms with Gasteiger partial charge in [-0.2, -0.15) is 5.10 Å². The highest BCUT2D eigenvalue weighted by Crippen LogP contribution is 2.24. The van der Waals surface area contributed by atoms with Crippen molar-refractivity contribution in [2.75, 3.05) is 0 Å². The summed E-state index contributed by atoms with van der Waals surface area (Å²) < 4.78 is 15.4. The first-order valence-electron chi connectivity index (χ1n) is 8.57. The van der Waals surface area contributed by atoms with Crippen molar-refractivity contribution in [3.05, 3.63) is 99.0 Å². The van der Waals surface area contributed by atoms with E-state index in [0.29, 0.717) is 27.6 Å². The molecule has 0 saturated heterocycles. The third-order valence-electron chi connectivity index (χ3n) is 4.44. The maximum absolute atomic E-state index is 13.3.